The van der Waals surface area contributed by atoms with Gasteiger partial charge in [-0.2, -0.15) is 0 Å². The molecule has 0 aromatic rings. The first-order valence-corrected chi connectivity index (χ1v) is 13.4. The fourth-order valence-electron chi connectivity index (χ4n) is 5.13. The number of hydrogen-bond acceptors (Lipinski definition) is 5. The third kappa shape index (κ3) is 7.86. The van der Waals surface area contributed by atoms with Crippen LogP contribution in [-0.2, 0) is 19.2 Å². The second-order valence-corrected chi connectivity index (χ2v) is 12.2. The van der Waals surface area contributed by atoms with Gasteiger partial charge in [-0.25, -0.2) is 13.6 Å². The first-order chi connectivity index (χ1) is 17.6. The summed E-state index contributed by atoms with van der Waals surface area (Å²) >= 11 is 0. The van der Waals surface area contributed by atoms with Crippen molar-refractivity contribution < 1.29 is 37.9 Å². The standard InChI is InChI=1S/C26H40F2N4O6/c1-25(2,3)20(31-24(37)38)23(36)32-13-15(14-6-5-7-14)12-18(32)21(34)30-17(10-11-26(4,27)28)19(33)22(35)29-16-8-9-16/h14-18,20,31H,5-13H2,1-4H3,(H,29,35)(H,30,34)(H,37,38)/t15?,17-,18?,20+/m0/s1. The summed E-state index contributed by atoms with van der Waals surface area (Å²) in [5, 5.41) is 16.6. The normalized spacial score (nSPS) is 23.7. The van der Waals surface area contributed by atoms with Crippen molar-refractivity contribution in [3.05, 3.63) is 0 Å². The van der Waals surface area contributed by atoms with Crippen LogP contribution in [0.3, 0.4) is 0 Å². The third-order valence-corrected chi connectivity index (χ3v) is 7.76. The van der Waals surface area contributed by atoms with Crippen molar-refractivity contribution >= 4 is 29.6 Å². The number of hydrogen-bond donors (Lipinski definition) is 4. The van der Waals surface area contributed by atoms with E-state index in [2.05, 4.69) is 16.0 Å². The van der Waals surface area contributed by atoms with E-state index in [0.717, 1.165) is 32.1 Å². The van der Waals surface area contributed by atoms with Crippen LogP contribution in [0.1, 0.15) is 79.1 Å². The van der Waals surface area contributed by atoms with Crippen LogP contribution in [0.5, 0.6) is 0 Å². The summed E-state index contributed by atoms with van der Waals surface area (Å²) in [5.74, 6) is -5.96. The van der Waals surface area contributed by atoms with Crippen LogP contribution >= 0.6 is 0 Å². The number of rotatable bonds is 11. The van der Waals surface area contributed by atoms with E-state index < -0.39 is 71.9 Å². The SMILES string of the molecule is CC(F)(F)CC[C@H](NC(=O)C1CC(C2CCC2)CN1C(=O)[C@@H](NC(=O)O)C(C)(C)C)C(=O)C(=O)NC1CC1. The van der Waals surface area contributed by atoms with Crippen molar-refractivity contribution in [2.75, 3.05) is 6.54 Å². The molecule has 2 unspecified atom stereocenters. The van der Waals surface area contributed by atoms with E-state index >= 15 is 0 Å². The number of carbonyl (C=O) groups is 5. The number of ketones is 1. The molecule has 4 N–H and O–H groups in total. The first kappa shape index (κ1) is 29.8. The average Bonchev–Trinajstić information content (AvgIpc) is 3.46. The molecule has 12 heteroatoms. The van der Waals surface area contributed by atoms with Gasteiger partial charge >= 0.3 is 6.09 Å². The Bertz CT molecular complexity index is 939. The molecular weight excluding hydrogens is 502 g/mol. The van der Waals surface area contributed by atoms with Gasteiger partial charge in [0, 0.05) is 19.0 Å². The highest BCUT2D eigenvalue weighted by Crippen LogP contribution is 2.41. The fraction of sp³-hybridized carbons (Fsp3) is 0.808. The summed E-state index contributed by atoms with van der Waals surface area (Å²) in [6.07, 6.45) is 2.21. The summed E-state index contributed by atoms with van der Waals surface area (Å²) in [4.78, 5) is 65.2. The molecule has 3 fully saturated rings. The van der Waals surface area contributed by atoms with Crippen molar-refractivity contribution in [1.82, 2.24) is 20.9 Å². The molecular formula is C26H40F2N4O6. The largest absolute Gasteiger partial charge is 0.465 e. The molecule has 1 saturated heterocycles. The van der Waals surface area contributed by atoms with E-state index in [-0.39, 0.29) is 18.5 Å². The van der Waals surface area contributed by atoms with Gasteiger partial charge < -0.3 is 26.0 Å². The Balaban J connectivity index is 1.82. The summed E-state index contributed by atoms with van der Waals surface area (Å²) in [5.41, 5.74) is -0.794. The number of halogens is 2. The Labute approximate surface area is 221 Å². The molecule has 2 aliphatic carbocycles. The maximum absolute atomic E-state index is 13.6. The van der Waals surface area contributed by atoms with Crippen LogP contribution < -0.4 is 16.0 Å². The number of likely N-dealkylation sites (tertiary alicyclic amines) is 1. The van der Waals surface area contributed by atoms with Crippen LogP contribution in [-0.4, -0.2) is 76.2 Å². The van der Waals surface area contributed by atoms with Crippen molar-refractivity contribution in [1.29, 1.82) is 0 Å². The van der Waals surface area contributed by atoms with Gasteiger partial charge in [0.1, 0.15) is 12.1 Å². The minimum atomic E-state index is -3.11. The van der Waals surface area contributed by atoms with Gasteiger partial charge in [0.15, 0.2) is 0 Å². The van der Waals surface area contributed by atoms with E-state index in [0.29, 0.717) is 19.3 Å². The summed E-state index contributed by atoms with van der Waals surface area (Å²) < 4.78 is 27.3. The molecule has 3 aliphatic rings. The molecule has 1 aliphatic heterocycles. The monoisotopic (exact) mass is 542 g/mol. The lowest BCUT2D eigenvalue weighted by Crippen LogP contribution is -2.59. The number of carboxylic acid groups (broad SMARTS) is 1. The minimum Gasteiger partial charge on any atom is -0.465 e. The number of Topliss-reactive ketones (excluding diaryl/α,β-unsaturated/α-hetero) is 1. The molecule has 0 radical (unpaired) electrons. The molecule has 1 heterocycles. The first-order valence-electron chi connectivity index (χ1n) is 13.4. The lowest BCUT2D eigenvalue weighted by molar-refractivity contribution is -0.144. The van der Waals surface area contributed by atoms with E-state index in [1.165, 1.54) is 4.90 Å². The zero-order chi connectivity index (χ0) is 28.4. The Kier molecular flexibility index (Phi) is 9.03. The zero-order valence-electron chi connectivity index (χ0n) is 22.5. The van der Waals surface area contributed by atoms with Crippen LogP contribution in [0.2, 0.25) is 0 Å². The van der Waals surface area contributed by atoms with E-state index in [9.17, 15) is 37.9 Å². The van der Waals surface area contributed by atoms with Crippen LogP contribution in [0.15, 0.2) is 0 Å². The highest BCUT2D eigenvalue weighted by molar-refractivity contribution is 6.38. The van der Waals surface area contributed by atoms with Gasteiger partial charge in [-0.1, -0.05) is 40.0 Å². The van der Waals surface area contributed by atoms with Crippen molar-refractivity contribution in [3.63, 3.8) is 0 Å². The maximum atomic E-state index is 13.6. The van der Waals surface area contributed by atoms with Crippen LogP contribution in [0.4, 0.5) is 13.6 Å². The highest BCUT2D eigenvalue weighted by Gasteiger charge is 2.48. The highest BCUT2D eigenvalue weighted by atomic mass is 19.3. The van der Waals surface area contributed by atoms with Gasteiger partial charge in [0.25, 0.3) is 5.91 Å². The molecule has 0 aromatic carbocycles. The summed E-state index contributed by atoms with van der Waals surface area (Å²) in [6, 6.07) is -3.74. The Morgan fingerprint density at radius 1 is 0.974 bits per heavy atom. The van der Waals surface area contributed by atoms with Gasteiger partial charge in [0.2, 0.25) is 23.5 Å². The molecule has 3 rings (SSSR count). The number of nitrogens with zero attached hydrogens (tertiary/aromatic N) is 1. The number of alkyl halides is 2. The van der Waals surface area contributed by atoms with E-state index in [4.69, 9.17) is 0 Å². The fourth-order valence-corrected chi connectivity index (χ4v) is 5.13. The Hall–Kier alpha value is -2.79. The summed E-state index contributed by atoms with van der Waals surface area (Å²) in [6.45, 7) is 6.07. The molecule has 214 valence electrons. The van der Waals surface area contributed by atoms with Crippen molar-refractivity contribution in [2.24, 2.45) is 17.3 Å². The van der Waals surface area contributed by atoms with Gasteiger partial charge in [0.05, 0.1) is 6.04 Å². The van der Waals surface area contributed by atoms with Crippen molar-refractivity contribution in [3.8, 4) is 0 Å². The zero-order valence-corrected chi connectivity index (χ0v) is 22.5. The number of nitrogens with one attached hydrogen (secondary N) is 3. The third-order valence-electron chi connectivity index (χ3n) is 7.76. The van der Waals surface area contributed by atoms with E-state index in [1.807, 2.05) is 0 Å². The second-order valence-electron chi connectivity index (χ2n) is 12.2. The Morgan fingerprint density at radius 2 is 1.61 bits per heavy atom. The van der Waals surface area contributed by atoms with Gasteiger partial charge in [-0.15, -0.1) is 0 Å². The predicted molar refractivity (Wildman–Crippen MR) is 133 cm³/mol. The topological polar surface area (TPSA) is 145 Å². The van der Waals surface area contributed by atoms with E-state index in [1.54, 1.807) is 20.8 Å². The average molecular weight is 543 g/mol. The number of carbonyl (C=O) groups excluding carboxylic acids is 4. The molecule has 10 nitrogen and oxygen atoms in total. The molecule has 0 aromatic heterocycles. The lowest BCUT2D eigenvalue weighted by Gasteiger charge is -2.35. The number of amides is 4. The molecule has 2 saturated carbocycles. The quantitative estimate of drug-likeness (QED) is 0.295. The molecule has 0 bridgehead atoms. The predicted octanol–water partition coefficient (Wildman–Crippen LogP) is 2.45. The van der Waals surface area contributed by atoms with Crippen molar-refractivity contribution in [2.45, 2.75) is 109 Å². The molecule has 4 amide bonds. The molecule has 38 heavy (non-hydrogen) atoms. The Morgan fingerprint density at radius 3 is 2.08 bits per heavy atom. The van der Waals surface area contributed by atoms with Gasteiger partial charge in [-0.3, -0.25) is 19.2 Å². The summed E-state index contributed by atoms with van der Waals surface area (Å²) in [7, 11) is 0. The molecule has 4 atom stereocenters. The van der Waals surface area contributed by atoms with Crippen LogP contribution in [0.25, 0.3) is 0 Å². The lowest BCUT2D eigenvalue weighted by atomic mass is 9.75. The smallest absolute Gasteiger partial charge is 0.405 e. The van der Waals surface area contributed by atoms with Crippen LogP contribution in [0, 0.1) is 17.3 Å². The molecule has 0 spiro atoms. The van der Waals surface area contributed by atoms with Gasteiger partial charge in [-0.05, 0) is 49.9 Å². The maximum Gasteiger partial charge on any atom is 0.405 e. The second kappa shape index (κ2) is 11.5. The minimum absolute atomic E-state index is 0.0150.